The van der Waals surface area contributed by atoms with Crippen LogP contribution in [0.3, 0.4) is 0 Å². The van der Waals surface area contributed by atoms with Crippen LogP contribution in [0.4, 0.5) is 4.79 Å². The zero-order valence-electron chi connectivity index (χ0n) is 19.6. The standard InChI is InChI=1S/C26H29N3O5/c1-4-29(26(32)27-16-18-8-6-5-7-9-18)17-22-20(11-13-24(28-22)34-3)21-14-19(15-25(30)31)10-12-23(21)33-2/h5-14H,4,15-17H2,1-3H3,(H,27,32)(H,30,31). The van der Waals surface area contributed by atoms with E-state index in [-0.39, 0.29) is 19.0 Å². The summed E-state index contributed by atoms with van der Waals surface area (Å²) in [6.45, 7) is 3.01. The van der Waals surface area contributed by atoms with Crippen molar-refractivity contribution in [2.24, 2.45) is 0 Å². The topological polar surface area (TPSA) is 101 Å². The number of rotatable bonds is 10. The number of aliphatic carboxylic acids is 1. The van der Waals surface area contributed by atoms with Crippen molar-refractivity contribution in [3.63, 3.8) is 0 Å². The molecule has 1 aromatic heterocycles. The monoisotopic (exact) mass is 463 g/mol. The number of carboxylic acids is 1. The number of benzene rings is 2. The lowest BCUT2D eigenvalue weighted by atomic mass is 9.99. The average molecular weight is 464 g/mol. The molecular weight excluding hydrogens is 434 g/mol. The fourth-order valence-electron chi connectivity index (χ4n) is 3.60. The number of amides is 2. The number of ether oxygens (including phenoxy) is 2. The summed E-state index contributed by atoms with van der Waals surface area (Å²) >= 11 is 0. The Kier molecular flexibility index (Phi) is 8.45. The van der Waals surface area contributed by atoms with Crippen molar-refractivity contribution in [1.29, 1.82) is 0 Å². The molecule has 1 heterocycles. The molecule has 3 aromatic rings. The van der Waals surface area contributed by atoms with Gasteiger partial charge in [0.15, 0.2) is 0 Å². The van der Waals surface area contributed by atoms with Gasteiger partial charge in [0.25, 0.3) is 0 Å². The van der Waals surface area contributed by atoms with Crippen LogP contribution in [0.5, 0.6) is 11.6 Å². The van der Waals surface area contributed by atoms with Gasteiger partial charge in [-0.25, -0.2) is 9.78 Å². The quantitative estimate of drug-likeness (QED) is 0.469. The van der Waals surface area contributed by atoms with Gasteiger partial charge in [-0.15, -0.1) is 0 Å². The van der Waals surface area contributed by atoms with Crippen molar-refractivity contribution in [2.45, 2.75) is 26.4 Å². The fraction of sp³-hybridized carbons (Fsp3) is 0.269. The smallest absolute Gasteiger partial charge is 0.318 e. The average Bonchev–Trinajstić information content (AvgIpc) is 2.85. The van der Waals surface area contributed by atoms with E-state index in [4.69, 9.17) is 9.47 Å². The van der Waals surface area contributed by atoms with Gasteiger partial charge >= 0.3 is 12.0 Å². The molecule has 0 aliphatic carbocycles. The highest BCUT2D eigenvalue weighted by atomic mass is 16.5. The van der Waals surface area contributed by atoms with Crippen LogP contribution in [0.15, 0.2) is 60.7 Å². The van der Waals surface area contributed by atoms with E-state index >= 15 is 0 Å². The molecule has 0 aliphatic heterocycles. The van der Waals surface area contributed by atoms with Crippen LogP contribution in [0.2, 0.25) is 0 Å². The number of hydrogen-bond acceptors (Lipinski definition) is 5. The van der Waals surface area contributed by atoms with Gasteiger partial charge in [0.1, 0.15) is 5.75 Å². The molecule has 0 aliphatic rings. The van der Waals surface area contributed by atoms with Gasteiger partial charge in [0, 0.05) is 30.3 Å². The lowest BCUT2D eigenvalue weighted by Gasteiger charge is -2.23. The molecule has 2 N–H and O–H groups in total. The second-order valence-electron chi connectivity index (χ2n) is 7.61. The van der Waals surface area contributed by atoms with Gasteiger partial charge in [-0.3, -0.25) is 4.79 Å². The Morgan fingerprint density at radius 3 is 2.38 bits per heavy atom. The number of nitrogens with one attached hydrogen (secondary N) is 1. The minimum absolute atomic E-state index is 0.112. The zero-order valence-corrected chi connectivity index (χ0v) is 19.6. The summed E-state index contributed by atoms with van der Waals surface area (Å²) in [5.41, 5.74) is 3.69. The second-order valence-corrected chi connectivity index (χ2v) is 7.61. The van der Waals surface area contributed by atoms with Gasteiger partial charge in [-0.2, -0.15) is 0 Å². The van der Waals surface area contributed by atoms with Gasteiger partial charge in [0.2, 0.25) is 5.88 Å². The van der Waals surface area contributed by atoms with Crippen LogP contribution in [0.1, 0.15) is 23.7 Å². The predicted molar refractivity (Wildman–Crippen MR) is 129 cm³/mol. The van der Waals surface area contributed by atoms with E-state index in [1.807, 2.05) is 43.3 Å². The van der Waals surface area contributed by atoms with E-state index in [9.17, 15) is 14.7 Å². The van der Waals surface area contributed by atoms with Crippen molar-refractivity contribution >= 4 is 12.0 Å². The summed E-state index contributed by atoms with van der Waals surface area (Å²) in [5, 5.41) is 12.2. The lowest BCUT2D eigenvalue weighted by molar-refractivity contribution is -0.136. The van der Waals surface area contributed by atoms with Gasteiger partial charge < -0.3 is 24.8 Å². The van der Waals surface area contributed by atoms with Crippen molar-refractivity contribution < 1.29 is 24.2 Å². The Bertz CT molecular complexity index is 1130. The number of carboxylic acid groups (broad SMARTS) is 1. The molecule has 8 heteroatoms. The van der Waals surface area contributed by atoms with Crippen molar-refractivity contribution in [1.82, 2.24) is 15.2 Å². The molecule has 0 saturated carbocycles. The Labute approximate surface area is 199 Å². The van der Waals surface area contributed by atoms with E-state index in [0.717, 1.165) is 11.1 Å². The van der Waals surface area contributed by atoms with Crippen LogP contribution in [-0.4, -0.2) is 47.8 Å². The SMILES string of the molecule is CCN(Cc1nc(OC)ccc1-c1cc(CC(=O)O)ccc1OC)C(=O)NCc1ccccc1. The number of methoxy groups -OCH3 is 2. The minimum atomic E-state index is -0.920. The molecule has 2 amide bonds. The van der Waals surface area contributed by atoms with E-state index in [1.54, 1.807) is 36.3 Å². The molecule has 0 spiro atoms. The van der Waals surface area contributed by atoms with Crippen LogP contribution < -0.4 is 14.8 Å². The van der Waals surface area contributed by atoms with E-state index in [2.05, 4.69) is 10.3 Å². The third-order valence-corrected chi connectivity index (χ3v) is 5.36. The predicted octanol–water partition coefficient (Wildman–Crippen LogP) is 4.12. The summed E-state index contributed by atoms with van der Waals surface area (Å²) in [6, 6.07) is 18.3. The van der Waals surface area contributed by atoms with Crippen LogP contribution in [-0.2, 0) is 24.3 Å². The van der Waals surface area contributed by atoms with Gasteiger partial charge in [-0.1, -0.05) is 36.4 Å². The molecule has 0 radical (unpaired) electrons. The Balaban J connectivity index is 1.92. The molecule has 0 bridgehead atoms. The van der Waals surface area contributed by atoms with Gasteiger partial charge in [0.05, 0.1) is 32.9 Å². The minimum Gasteiger partial charge on any atom is -0.496 e. The van der Waals surface area contributed by atoms with E-state index in [1.165, 1.54) is 7.11 Å². The summed E-state index contributed by atoms with van der Waals surface area (Å²) in [6.07, 6.45) is -0.112. The highest BCUT2D eigenvalue weighted by Crippen LogP contribution is 2.34. The number of urea groups is 1. The highest BCUT2D eigenvalue weighted by molar-refractivity contribution is 5.77. The number of carbonyl (C=O) groups is 2. The molecule has 3 rings (SSSR count). The second kappa shape index (κ2) is 11.7. The fourth-order valence-corrected chi connectivity index (χ4v) is 3.60. The molecule has 0 saturated heterocycles. The van der Waals surface area contributed by atoms with E-state index < -0.39 is 5.97 Å². The first kappa shape index (κ1) is 24.6. The summed E-state index contributed by atoms with van der Waals surface area (Å²) in [7, 11) is 3.09. The maximum atomic E-state index is 12.9. The van der Waals surface area contributed by atoms with Crippen LogP contribution in [0.25, 0.3) is 11.1 Å². The molecule has 178 valence electrons. The first-order valence-corrected chi connectivity index (χ1v) is 10.9. The number of hydrogen-bond donors (Lipinski definition) is 2. The van der Waals surface area contributed by atoms with Crippen LogP contribution >= 0.6 is 0 Å². The molecule has 2 aromatic carbocycles. The third-order valence-electron chi connectivity index (χ3n) is 5.36. The highest BCUT2D eigenvalue weighted by Gasteiger charge is 2.19. The van der Waals surface area contributed by atoms with Gasteiger partial charge in [-0.05, 0) is 36.2 Å². The van der Waals surface area contributed by atoms with Crippen LogP contribution in [0, 0.1) is 0 Å². The van der Waals surface area contributed by atoms with Crippen molar-refractivity contribution in [3.8, 4) is 22.8 Å². The first-order chi connectivity index (χ1) is 16.4. The lowest BCUT2D eigenvalue weighted by Crippen LogP contribution is -2.39. The first-order valence-electron chi connectivity index (χ1n) is 10.9. The van der Waals surface area contributed by atoms with Crippen molar-refractivity contribution in [3.05, 3.63) is 77.5 Å². The molecule has 0 unspecified atom stereocenters. The largest absolute Gasteiger partial charge is 0.496 e. The summed E-state index contributed by atoms with van der Waals surface area (Å²) < 4.78 is 10.9. The number of aromatic nitrogens is 1. The Hall–Kier alpha value is -4.07. The molecule has 0 fully saturated rings. The number of nitrogens with zero attached hydrogens (tertiary/aromatic N) is 2. The Morgan fingerprint density at radius 1 is 0.971 bits per heavy atom. The third kappa shape index (κ3) is 6.25. The number of carbonyl (C=O) groups excluding carboxylic acids is 1. The summed E-state index contributed by atoms with van der Waals surface area (Å²) in [5.74, 6) is 0.0792. The maximum absolute atomic E-state index is 12.9. The number of pyridine rings is 1. The Morgan fingerprint density at radius 2 is 1.74 bits per heavy atom. The normalized spacial score (nSPS) is 10.4. The van der Waals surface area contributed by atoms with Crippen molar-refractivity contribution in [2.75, 3.05) is 20.8 Å². The summed E-state index contributed by atoms with van der Waals surface area (Å²) in [4.78, 5) is 30.4. The molecular formula is C26H29N3O5. The van der Waals surface area contributed by atoms with E-state index in [0.29, 0.717) is 41.5 Å². The molecule has 8 nitrogen and oxygen atoms in total. The zero-order chi connectivity index (χ0) is 24.5. The maximum Gasteiger partial charge on any atom is 0.318 e. The molecule has 34 heavy (non-hydrogen) atoms. The molecule has 0 atom stereocenters.